The van der Waals surface area contributed by atoms with E-state index < -0.39 is 0 Å². The quantitative estimate of drug-likeness (QED) is 0.790. The smallest absolute Gasteiger partial charge is 0.222 e. The molecule has 0 aliphatic carbocycles. The second-order valence-corrected chi connectivity index (χ2v) is 7.70. The summed E-state index contributed by atoms with van der Waals surface area (Å²) < 4.78 is 2.09. The lowest BCUT2D eigenvalue weighted by Gasteiger charge is -2.19. The number of hydrogen-bond acceptors (Lipinski definition) is 4. The van der Waals surface area contributed by atoms with E-state index in [1.807, 2.05) is 4.90 Å². The first-order valence-electron chi connectivity index (χ1n) is 10.5. The zero-order valence-corrected chi connectivity index (χ0v) is 16.6. The van der Waals surface area contributed by atoms with Gasteiger partial charge in [0.2, 0.25) is 11.8 Å². The maximum atomic E-state index is 12.2. The summed E-state index contributed by atoms with van der Waals surface area (Å²) >= 11 is 0. The molecule has 1 aromatic heterocycles. The number of hydrogen-bond donors (Lipinski definition) is 1. The summed E-state index contributed by atoms with van der Waals surface area (Å²) in [5.41, 5.74) is 2.16. The molecule has 150 valence electrons. The molecule has 0 saturated carbocycles. The van der Waals surface area contributed by atoms with E-state index >= 15 is 0 Å². The van der Waals surface area contributed by atoms with Crippen molar-refractivity contribution in [3.05, 3.63) is 17.5 Å². The van der Waals surface area contributed by atoms with Crippen molar-refractivity contribution in [3.63, 3.8) is 0 Å². The van der Waals surface area contributed by atoms with E-state index in [0.29, 0.717) is 25.9 Å². The van der Waals surface area contributed by atoms with Gasteiger partial charge in [-0.1, -0.05) is 13.3 Å². The van der Waals surface area contributed by atoms with Gasteiger partial charge >= 0.3 is 0 Å². The lowest BCUT2D eigenvalue weighted by atomic mass is 10.2. The second-order valence-electron chi connectivity index (χ2n) is 7.70. The molecule has 0 bridgehead atoms. The van der Waals surface area contributed by atoms with Crippen LogP contribution in [0.5, 0.6) is 0 Å². The number of aryl methyl sites for hydroxylation is 1. The maximum Gasteiger partial charge on any atom is 0.222 e. The average molecular weight is 376 g/mol. The minimum absolute atomic E-state index is 0.0112. The number of fused-ring (bicyclic) bond motifs is 1. The Balaban J connectivity index is 1.45. The van der Waals surface area contributed by atoms with Crippen LogP contribution in [-0.4, -0.2) is 57.6 Å². The molecule has 0 unspecified atom stereocenters. The van der Waals surface area contributed by atoms with E-state index in [-0.39, 0.29) is 11.8 Å². The van der Waals surface area contributed by atoms with Gasteiger partial charge in [0, 0.05) is 45.6 Å². The summed E-state index contributed by atoms with van der Waals surface area (Å²) in [5, 5.41) is 7.63. The SMILES string of the molecule is CCCN1CCCn2nc(CNC(=O)CCN3CCCCCC3=O)cc2C1. The van der Waals surface area contributed by atoms with E-state index in [9.17, 15) is 9.59 Å². The number of nitrogens with zero attached hydrogens (tertiary/aromatic N) is 4. The molecule has 7 heteroatoms. The van der Waals surface area contributed by atoms with Gasteiger partial charge in [-0.05, 0) is 38.3 Å². The van der Waals surface area contributed by atoms with E-state index in [2.05, 4.69) is 33.0 Å². The number of amides is 2. The molecule has 0 aromatic carbocycles. The summed E-state index contributed by atoms with van der Waals surface area (Å²) in [6.45, 7) is 8.10. The number of nitrogens with one attached hydrogen (secondary N) is 1. The summed E-state index contributed by atoms with van der Waals surface area (Å²) in [6.07, 6.45) is 6.39. The van der Waals surface area contributed by atoms with Crippen molar-refractivity contribution in [3.8, 4) is 0 Å². The van der Waals surface area contributed by atoms with E-state index in [0.717, 1.165) is 70.5 Å². The monoisotopic (exact) mass is 375 g/mol. The molecule has 1 fully saturated rings. The Morgan fingerprint density at radius 1 is 1.15 bits per heavy atom. The van der Waals surface area contributed by atoms with Gasteiger partial charge < -0.3 is 10.2 Å². The van der Waals surface area contributed by atoms with Crippen LogP contribution in [0.25, 0.3) is 0 Å². The van der Waals surface area contributed by atoms with Crippen LogP contribution in [0, 0.1) is 0 Å². The van der Waals surface area contributed by atoms with Crippen molar-refractivity contribution < 1.29 is 9.59 Å². The van der Waals surface area contributed by atoms with Crippen molar-refractivity contribution >= 4 is 11.8 Å². The fourth-order valence-electron chi connectivity index (χ4n) is 3.97. The third-order valence-corrected chi connectivity index (χ3v) is 5.43. The topological polar surface area (TPSA) is 70.5 Å². The third-order valence-electron chi connectivity index (χ3n) is 5.43. The van der Waals surface area contributed by atoms with Crippen molar-refractivity contribution in [2.75, 3.05) is 26.2 Å². The average Bonchev–Trinajstić information content (AvgIpc) is 2.79. The van der Waals surface area contributed by atoms with Crippen molar-refractivity contribution in [1.82, 2.24) is 24.9 Å². The van der Waals surface area contributed by atoms with Gasteiger partial charge in [0.05, 0.1) is 17.9 Å². The minimum Gasteiger partial charge on any atom is -0.350 e. The Morgan fingerprint density at radius 3 is 2.89 bits per heavy atom. The fourth-order valence-corrected chi connectivity index (χ4v) is 3.97. The number of carbonyl (C=O) groups excluding carboxylic acids is 2. The molecule has 27 heavy (non-hydrogen) atoms. The zero-order chi connectivity index (χ0) is 19.1. The van der Waals surface area contributed by atoms with Crippen molar-refractivity contribution in [1.29, 1.82) is 0 Å². The Kier molecular flexibility index (Phi) is 7.26. The Hall–Kier alpha value is -1.89. The molecular formula is C20H33N5O2. The molecule has 7 nitrogen and oxygen atoms in total. The van der Waals surface area contributed by atoms with Gasteiger partial charge in [-0.15, -0.1) is 0 Å². The maximum absolute atomic E-state index is 12.2. The number of likely N-dealkylation sites (tertiary alicyclic amines) is 1. The second kappa shape index (κ2) is 9.88. The molecule has 1 saturated heterocycles. The van der Waals surface area contributed by atoms with Crippen LogP contribution >= 0.6 is 0 Å². The van der Waals surface area contributed by atoms with Crippen LogP contribution in [0.4, 0.5) is 0 Å². The lowest BCUT2D eigenvalue weighted by Crippen LogP contribution is -2.34. The molecule has 3 rings (SSSR count). The standard InChI is InChI=1S/C20H33N5O2/c1-2-9-23-10-6-12-25-18(16-23)14-17(22-25)15-21-19(26)8-13-24-11-5-3-4-7-20(24)27/h14H,2-13,15-16H2,1H3,(H,21,26). The van der Waals surface area contributed by atoms with Crippen molar-refractivity contribution in [2.45, 2.75) is 71.5 Å². The zero-order valence-electron chi connectivity index (χ0n) is 16.6. The summed E-state index contributed by atoms with van der Waals surface area (Å²) in [7, 11) is 0. The number of carbonyl (C=O) groups is 2. The highest BCUT2D eigenvalue weighted by Gasteiger charge is 2.18. The first-order chi connectivity index (χ1) is 13.2. The molecule has 0 radical (unpaired) electrons. The van der Waals surface area contributed by atoms with Gasteiger partial charge in [-0.3, -0.25) is 19.2 Å². The van der Waals surface area contributed by atoms with E-state index in [1.165, 1.54) is 5.69 Å². The predicted octanol–water partition coefficient (Wildman–Crippen LogP) is 1.91. The fraction of sp³-hybridized carbons (Fsp3) is 0.750. The van der Waals surface area contributed by atoms with Gasteiger partial charge in [0.1, 0.15) is 0 Å². The largest absolute Gasteiger partial charge is 0.350 e. The summed E-state index contributed by atoms with van der Waals surface area (Å²) in [4.78, 5) is 28.5. The molecule has 2 aliphatic rings. The third kappa shape index (κ3) is 5.79. The first-order valence-corrected chi connectivity index (χ1v) is 10.5. The lowest BCUT2D eigenvalue weighted by molar-refractivity contribution is -0.131. The van der Waals surface area contributed by atoms with Crippen LogP contribution in [0.1, 0.15) is 63.3 Å². The minimum atomic E-state index is -0.0112. The molecule has 1 N–H and O–H groups in total. The van der Waals surface area contributed by atoms with Crippen LogP contribution in [-0.2, 0) is 29.2 Å². The van der Waals surface area contributed by atoms with Gasteiger partial charge in [-0.25, -0.2) is 0 Å². The van der Waals surface area contributed by atoms with Gasteiger partial charge in [0.15, 0.2) is 0 Å². The molecule has 2 amide bonds. The Labute approximate surface area is 162 Å². The van der Waals surface area contributed by atoms with Crippen LogP contribution < -0.4 is 5.32 Å². The first kappa shape index (κ1) is 19.9. The summed E-state index contributed by atoms with van der Waals surface area (Å²) in [5.74, 6) is 0.178. The molecule has 1 aromatic rings. The van der Waals surface area contributed by atoms with E-state index in [1.54, 1.807) is 0 Å². The Bertz CT molecular complexity index is 642. The summed E-state index contributed by atoms with van der Waals surface area (Å²) in [6, 6.07) is 2.12. The molecule has 2 aliphatic heterocycles. The predicted molar refractivity (Wildman–Crippen MR) is 104 cm³/mol. The highest BCUT2D eigenvalue weighted by Crippen LogP contribution is 2.14. The van der Waals surface area contributed by atoms with Gasteiger partial charge in [-0.2, -0.15) is 5.10 Å². The van der Waals surface area contributed by atoms with E-state index in [4.69, 9.17) is 0 Å². The Morgan fingerprint density at radius 2 is 2.04 bits per heavy atom. The normalized spacial score (nSPS) is 18.7. The van der Waals surface area contributed by atoms with Gasteiger partial charge in [0.25, 0.3) is 0 Å². The highest BCUT2D eigenvalue weighted by molar-refractivity contribution is 5.79. The molecule has 0 atom stereocenters. The number of aromatic nitrogens is 2. The number of rotatable bonds is 7. The van der Waals surface area contributed by atoms with Crippen LogP contribution in [0.2, 0.25) is 0 Å². The van der Waals surface area contributed by atoms with Crippen LogP contribution in [0.15, 0.2) is 6.07 Å². The molecule has 3 heterocycles. The highest BCUT2D eigenvalue weighted by atomic mass is 16.2. The van der Waals surface area contributed by atoms with Crippen LogP contribution in [0.3, 0.4) is 0 Å². The van der Waals surface area contributed by atoms with Crippen molar-refractivity contribution in [2.24, 2.45) is 0 Å². The molecular weight excluding hydrogens is 342 g/mol. The molecule has 0 spiro atoms.